The van der Waals surface area contributed by atoms with E-state index in [9.17, 15) is 14.7 Å². The molecule has 0 aromatic rings. The van der Waals surface area contributed by atoms with E-state index < -0.39 is 11.5 Å². The molecule has 1 fully saturated rings. The van der Waals surface area contributed by atoms with Crippen molar-refractivity contribution in [3.05, 3.63) is 0 Å². The maximum absolute atomic E-state index is 12.4. The van der Waals surface area contributed by atoms with Gasteiger partial charge in [0.25, 0.3) is 0 Å². The van der Waals surface area contributed by atoms with E-state index in [1.165, 1.54) is 4.90 Å². The standard InChI is InChI=1S/C14H26N2O3/c1-5-14(12(18)19)7-6-8-16(14)11(17)9-10(15)13(2,3)4/h10H,5-9,15H2,1-4H3,(H,18,19). The van der Waals surface area contributed by atoms with Gasteiger partial charge in [-0.3, -0.25) is 4.79 Å². The van der Waals surface area contributed by atoms with Crippen LogP contribution in [-0.2, 0) is 9.59 Å². The zero-order valence-electron chi connectivity index (χ0n) is 12.4. The third-order valence-electron chi connectivity index (χ3n) is 4.28. The van der Waals surface area contributed by atoms with Crippen LogP contribution in [-0.4, -0.2) is 40.0 Å². The summed E-state index contributed by atoms with van der Waals surface area (Å²) in [6, 6.07) is -0.260. The maximum atomic E-state index is 12.4. The van der Waals surface area contributed by atoms with Crippen molar-refractivity contribution in [1.82, 2.24) is 4.90 Å². The molecule has 19 heavy (non-hydrogen) atoms. The molecule has 0 aromatic carbocycles. The molecule has 1 amide bonds. The van der Waals surface area contributed by atoms with Crippen molar-refractivity contribution in [2.75, 3.05) is 6.54 Å². The Hall–Kier alpha value is -1.10. The van der Waals surface area contributed by atoms with Crippen LogP contribution in [0.25, 0.3) is 0 Å². The van der Waals surface area contributed by atoms with Crippen LogP contribution in [0.2, 0.25) is 0 Å². The average Bonchev–Trinajstić information content (AvgIpc) is 2.72. The molecule has 1 rings (SSSR count). The smallest absolute Gasteiger partial charge is 0.329 e. The second-order valence-corrected chi connectivity index (χ2v) is 6.52. The Kier molecular flexibility index (Phi) is 4.61. The Morgan fingerprint density at radius 2 is 2.00 bits per heavy atom. The van der Waals surface area contributed by atoms with Gasteiger partial charge in [0.1, 0.15) is 5.54 Å². The molecule has 0 aromatic heterocycles. The highest BCUT2D eigenvalue weighted by Gasteiger charge is 2.48. The summed E-state index contributed by atoms with van der Waals surface area (Å²) in [4.78, 5) is 25.4. The van der Waals surface area contributed by atoms with E-state index >= 15 is 0 Å². The number of likely N-dealkylation sites (tertiary alicyclic amines) is 1. The summed E-state index contributed by atoms with van der Waals surface area (Å²) < 4.78 is 0. The summed E-state index contributed by atoms with van der Waals surface area (Å²) in [5.74, 6) is -1.03. The third-order valence-corrected chi connectivity index (χ3v) is 4.28. The number of hydrogen-bond acceptors (Lipinski definition) is 3. The number of carbonyl (C=O) groups excluding carboxylic acids is 1. The molecule has 3 N–H and O–H groups in total. The van der Waals surface area contributed by atoms with Crippen molar-refractivity contribution >= 4 is 11.9 Å². The summed E-state index contributed by atoms with van der Waals surface area (Å²) in [5, 5.41) is 9.45. The Bertz CT molecular complexity index is 362. The highest BCUT2D eigenvalue weighted by Crippen LogP contribution is 2.34. The number of amides is 1. The van der Waals surface area contributed by atoms with Crippen molar-refractivity contribution in [3.63, 3.8) is 0 Å². The molecule has 0 bridgehead atoms. The van der Waals surface area contributed by atoms with Crippen molar-refractivity contribution in [3.8, 4) is 0 Å². The molecule has 0 aliphatic carbocycles. The van der Waals surface area contributed by atoms with Gasteiger partial charge in [-0.2, -0.15) is 0 Å². The fourth-order valence-corrected chi connectivity index (χ4v) is 2.59. The van der Waals surface area contributed by atoms with Gasteiger partial charge in [0, 0.05) is 19.0 Å². The van der Waals surface area contributed by atoms with E-state index in [1.807, 2.05) is 27.7 Å². The molecule has 2 atom stereocenters. The minimum Gasteiger partial charge on any atom is -0.479 e. The van der Waals surface area contributed by atoms with Gasteiger partial charge in [-0.15, -0.1) is 0 Å². The van der Waals surface area contributed by atoms with Crippen LogP contribution in [0.5, 0.6) is 0 Å². The fraction of sp³-hybridized carbons (Fsp3) is 0.857. The van der Waals surface area contributed by atoms with Crippen LogP contribution in [0.15, 0.2) is 0 Å². The third kappa shape index (κ3) is 3.08. The number of hydrogen-bond donors (Lipinski definition) is 2. The number of rotatable bonds is 4. The van der Waals surface area contributed by atoms with E-state index in [4.69, 9.17) is 5.73 Å². The molecular weight excluding hydrogens is 244 g/mol. The second kappa shape index (κ2) is 5.49. The molecule has 5 heteroatoms. The van der Waals surface area contributed by atoms with E-state index in [1.54, 1.807) is 0 Å². The fourth-order valence-electron chi connectivity index (χ4n) is 2.59. The number of nitrogens with two attached hydrogens (primary N) is 1. The molecule has 2 unspecified atom stereocenters. The minimum atomic E-state index is -1.02. The Morgan fingerprint density at radius 3 is 2.42 bits per heavy atom. The first-order valence-corrected chi connectivity index (χ1v) is 6.94. The maximum Gasteiger partial charge on any atom is 0.329 e. The van der Waals surface area contributed by atoms with Crippen molar-refractivity contribution in [2.24, 2.45) is 11.1 Å². The molecule has 0 radical (unpaired) electrons. The molecule has 1 aliphatic rings. The molecule has 1 heterocycles. The quantitative estimate of drug-likeness (QED) is 0.813. The Labute approximate surface area is 115 Å². The van der Waals surface area contributed by atoms with Crippen molar-refractivity contribution < 1.29 is 14.7 Å². The van der Waals surface area contributed by atoms with E-state index in [0.29, 0.717) is 19.4 Å². The van der Waals surface area contributed by atoms with Crippen molar-refractivity contribution in [1.29, 1.82) is 0 Å². The summed E-state index contributed by atoms with van der Waals surface area (Å²) in [7, 11) is 0. The number of nitrogens with zero attached hydrogens (tertiary/aromatic N) is 1. The van der Waals surface area contributed by atoms with Crippen LogP contribution in [0.1, 0.15) is 53.4 Å². The average molecular weight is 270 g/mol. The van der Waals surface area contributed by atoms with E-state index in [0.717, 1.165) is 6.42 Å². The molecular formula is C14H26N2O3. The highest BCUT2D eigenvalue weighted by molar-refractivity contribution is 5.88. The number of carboxylic acid groups (broad SMARTS) is 1. The summed E-state index contributed by atoms with van der Waals surface area (Å²) in [6.07, 6.45) is 1.93. The summed E-state index contributed by atoms with van der Waals surface area (Å²) in [6.45, 7) is 8.30. The lowest BCUT2D eigenvalue weighted by molar-refractivity contribution is -0.157. The monoisotopic (exact) mass is 270 g/mol. The zero-order valence-corrected chi connectivity index (χ0v) is 12.4. The number of aliphatic carboxylic acids is 1. The molecule has 0 spiro atoms. The van der Waals surface area contributed by atoms with Gasteiger partial charge < -0.3 is 15.7 Å². The topological polar surface area (TPSA) is 83.6 Å². The minimum absolute atomic E-state index is 0.135. The summed E-state index contributed by atoms with van der Waals surface area (Å²) >= 11 is 0. The van der Waals surface area contributed by atoms with Crippen LogP contribution in [0, 0.1) is 5.41 Å². The van der Waals surface area contributed by atoms with Gasteiger partial charge in [-0.1, -0.05) is 27.7 Å². The predicted molar refractivity (Wildman–Crippen MR) is 73.7 cm³/mol. The lowest BCUT2D eigenvalue weighted by Crippen LogP contribution is -2.54. The molecule has 0 saturated carbocycles. The SMILES string of the molecule is CCC1(C(=O)O)CCCN1C(=O)CC(N)C(C)(C)C. The lowest BCUT2D eigenvalue weighted by Gasteiger charge is -2.36. The van der Waals surface area contributed by atoms with Crippen molar-refractivity contribution in [2.45, 2.75) is 65.0 Å². The van der Waals surface area contributed by atoms with E-state index in [-0.39, 0.29) is 23.8 Å². The van der Waals surface area contributed by atoms with Crippen LogP contribution in [0.3, 0.4) is 0 Å². The molecule has 110 valence electrons. The van der Waals surface area contributed by atoms with Gasteiger partial charge in [0.2, 0.25) is 5.91 Å². The number of carbonyl (C=O) groups is 2. The van der Waals surface area contributed by atoms with Gasteiger partial charge in [0.05, 0.1) is 0 Å². The van der Waals surface area contributed by atoms with Gasteiger partial charge in [-0.25, -0.2) is 4.79 Å². The first kappa shape index (κ1) is 16.0. The molecule has 1 saturated heterocycles. The Morgan fingerprint density at radius 1 is 1.42 bits per heavy atom. The van der Waals surface area contributed by atoms with Gasteiger partial charge >= 0.3 is 5.97 Å². The predicted octanol–water partition coefficient (Wildman–Crippen LogP) is 1.61. The van der Waals surface area contributed by atoms with Crippen LogP contribution >= 0.6 is 0 Å². The molecule has 1 aliphatic heterocycles. The second-order valence-electron chi connectivity index (χ2n) is 6.52. The highest BCUT2D eigenvalue weighted by atomic mass is 16.4. The lowest BCUT2D eigenvalue weighted by atomic mass is 9.84. The zero-order chi connectivity index (χ0) is 14.8. The van der Waals surface area contributed by atoms with Crippen LogP contribution in [0.4, 0.5) is 0 Å². The largest absolute Gasteiger partial charge is 0.479 e. The van der Waals surface area contributed by atoms with E-state index in [2.05, 4.69) is 0 Å². The molecule has 5 nitrogen and oxygen atoms in total. The first-order valence-electron chi connectivity index (χ1n) is 6.94. The first-order chi connectivity index (χ1) is 8.65. The van der Waals surface area contributed by atoms with Gasteiger partial charge in [0.15, 0.2) is 0 Å². The van der Waals surface area contributed by atoms with Crippen LogP contribution < -0.4 is 5.73 Å². The normalized spacial score (nSPS) is 25.4. The number of carboxylic acids is 1. The summed E-state index contributed by atoms with van der Waals surface area (Å²) in [5.41, 5.74) is 4.85. The Balaban J connectivity index is 2.84. The van der Waals surface area contributed by atoms with Gasteiger partial charge in [-0.05, 0) is 24.7 Å².